The summed E-state index contributed by atoms with van der Waals surface area (Å²) in [5.41, 5.74) is 3.61. The van der Waals surface area contributed by atoms with E-state index in [9.17, 15) is 14.4 Å². The lowest BCUT2D eigenvalue weighted by molar-refractivity contribution is -0.116. The molecular formula is C28H21N3O5S. The largest absolute Gasteiger partial charge is 0.454 e. The van der Waals surface area contributed by atoms with Gasteiger partial charge in [0.2, 0.25) is 12.7 Å². The normalized spacial score (nSPS) is 15.7. The summed E-state index contributed by atoms with van der Waals surface area (Å²) in [6.07, 6.45) is 1.75. The van der Waals surface area contributed by atoms with E-state index < -0.39 is 0 Å². The highest BCUT2D eigenvalue weighted by Crippen LogP contribution is 2.38. The Morgan fingerprint density at radius 2 is 1.76 bits per heavy atom. The predicted octanol–water partition coefficient (Wildman–Crippen LogP) is 5.56. The number of para-hydroxylation sites is 2. The highest BCUT2D eigenvalue weighted by atomic mass is 32.2. The number of ether oxygens (including phenoxy) is 2. The lowest BCUT2D eigenvalue weighted by Crippen LogP contribution is -2.27. The van der Waals surface area contributed by atoms with Crippen LogP contribution in [0.25, 0.3) is 17.0 Å². The van der Waals surface area contributed by atoms with E-state index in [0.29, 0.717) is 27.8 Å². The Balaban J connectivity index is 1.31. The van der Waals surface area contributed by atoms with Crippen molar-refractivity contribution in [2.75, 3.05) is 17.0 Å². The number of nitrogens with one attached hydrogen (secondary N) is 1. The van der Waals surface area contributed by atoms with E-state index in [1.165, 1.54) is 4.90 Å². The second kappa shape index (κ2) is 9.18. The van der Waals surface area contributed by atoms with Gasteiger partial charge in [-0.25, -0.2) is 4.90 Å². The average molecular weight is 512 g/mol. The Kier molecular flexibility index (Phi) is 5.69. The van der Waals surface area contributed by atoms with E-state index in [-0.39, 0.29) is 30.4 Å². The van der Waals surface area contributed by atoms with Crippen molar-refractivity contribution in [3.63, 3.8) is 0 Å². The molecule has 0 spiro atoms. The highest BCUT2D eigenvalue weighted by Gasteiger charge is 2.36. The molecule has 2 aliphatic rings. The van der Waals surface area contributed by atoms with Gasteiger partial charge in [0, 0.05) is 33.9 Å². The summed E-state index contributed by atoms with van der Waals surface area (Å²) in [6, 6.07) is 21.8. The Morgan fingerprint density at radius 1 is 1.00 bits per heavy atom. The van der Waals surface area contributed by atoms with Crippen LogP contribution in [0.1, 0.15) is 11.3 Å². The number of aromatic nitrogens is 1. The van der Waals surface area contributed by atoms with Gasteiger partial charge in [-0.1, -0.05) is 36.4 Å². The molecule has 1 aromatic heterocycles. The molecule has 0 radical (unpaired) electrons. The van der Waals surface area contributed by atoms with Gasteiger partial charge >= 0.3 is 0 Å². The van der Waals surface area contributed by atoms with Crippen LogP contribution in [0.15, 0.2) is 77.7 Å². The maximum absolute atomic E-state index is 13.2. The fourth-order valence-corrected chi connectivity index (χ4v) is 5.38. The van der Waals surface area contributed by atoms with Gasteiger partial charge < -0.3 is 19.4 Å². The molecule has 8 nitrogen and oxygen atoms in total. The molecule has 0 saturated carbocycles. The molecule has 0 unspecified atom stereocenters. The zero-order valence-electron chi connectivity index (χ0n) is 19.8. The third-order valence-corrected chi connectivity index (χ3v) is 7.19. The van der Waals surface area contributed by atoms with Gasteiger partial charge in [0.25, 0.3) is 11.1 Å². The molecule has 0 aliphatic carbocycles. The number of hydrogen-bond acceptors (Lipinski definition) is 6. The zero-order chi connectivity index (χ0) is 25.5. The molecule has 1 saturated heterocycles. The molecule has 0 bridgehead atoms. The first kappa shape index (κ1) is 22.9. The zero-order valence-corrected chi connectivity index (χ0v) is 20.6. The van der Waals surface area contributed by atoms with Crippen LogP contribution in [-0.4, -0.2) is 28.4 Å². The minimum Gasteiger partial charge on any atom is -0.454 e. The minimum absolute atomic E-state index is 0.0696. The molecule has 3 heterocycles. The van der Waals surface area contributed by atoms with Crippen LogP contribution in [-0.2, 0) is 16.1 Å². The number of amides is 3. The highest BCUT2D eigenvalue weighted by molar-refractivity contribution is 8.19. The van der Waals surface area contributed by atoms with Crippen molar-refractivity contribution in [3.05, 3.63) is 89.0 Å². The van der Waals surface area contributed by atoms with E-state index in [4.69, 9.17) is 9.47 Å². The summed E-state index contributed by atoms with van der Waals surface area (Å²) < 4.78 is 12.6. The third kappa shape index (κ3) is 4.13. The van der Waals surface area contributed by atoms with Gasteiger partial charge in [-0.3, -0.25) is 14.4 Å². The number of carbonyl (C=O) groups is 3. The van der Waals surface area contributed by atoms with E-state index in [2.05, 4.69) is 5.32 Å². The van der Waals surface area contributed by atoms with Gasteiger partial charge in [0.15, 0.2) is 11.5 Å². The molecule has 184 valence electrons. The van der Waals surface area contributed by atoms with Crippen LogP contribution in [0.5, 0.6) is 11.5 Å². The van der Waals surface area contributed by atoms with Crippen LogP contribution in [0.2, 0.25) is 0 Å². The molecule has 3 aromatic carbocycles. The van der Waals surface area contributed by atoms with Gasteiger partial charge in [0.05, 0.1) is 10.6 Å². The van der Waals surface area contributed by atoms with Crippen molar-refractivity contribution in [2.45, 2.75) is 13.5 Å². The van der Waals surface area contributed by atoms with Crippen LogP contribution in [0.3, 0.4) is 0 Å². The Morgan fingerprint density at radius 3 is 2.59 bits per heavy atom. The summed E-state index contributed by atoms with van der Waals surface area (Å²) in [6.45, 7) is 2.14. The number of benzene rings is 3. The predicted molar refractivity (Wildman–Crippen MR) is 143 cm³/mol. The quantitative estimate of drug-likeness (QED) is 0.353. The molecule has 1 fully saturated rings. The lowest BCUT2D eigenvalue weighted by atomic mass is 10.1. The molecule has 2 aliphatic heterocycles. The number of carbonyl (C=O) groups excluding carboxylic acids is 3. The molecule has 6 rings (SSSR count). The minimum atomic E-state index is -0.363. The number of nitrogens with zero attached hydrogens (tertiary/aromatic N) is 2. The number of fused-ring (bicyclic) bond motifs is 2. The van der Waals surface area contributed by atoms with E-state index in [0.717, 1.165) is 33.9 Å². The SMILES string of the molecule is Cc1c(/C=C2/SC(=O)N(c3ccccc3)C2=O)c2ccccc2n1CC(=O)Nc1ccc2c(c1)OCO2. The first-order valence-electron chi connectivity index (χ1n) is 11.6. The second-order valence-corrected chi connectivity index (χ2v) is 9.56. The Labute approximate surface area is 216 Å². The average Bonchev–Trinajstić information content (AvgIpc) is 3.55. The number of hydrogen-bond donors (Lipinski definition) is 1. The molecule has 1 N–H and O–H groups in total. The molecule has 0 atom stereocenters. The second-order valence-electron chi connectivity index (χ2n) is 8.57. The van der Waals surface area contributed by atoms with Crippen LogP contribution in [0.4, 0.5) is 16.2 Å². The van der Waals surface area contributed by atoms with Crippen LogP contribution >= 0.6 is 11.8 Å². The van der Waals surface area contributed by atoms with E-state index >= 15 is 0 Å². The van der Waals surface area contributed by atoms with Crippen LogP contribution < -0.4 is 19.7 Å². The number of thioether (sulfide) groups is 1. The van der Waals surface area contributed by atoms with Gasteiger partial charge in [-0.05, 0) is 55.1 Å². The smallest absolute Gasteiger partial charge is 0.298 e. The summed E-state index contributed by atoms with van der Waals surface area (Å²) in [5, 5.41) is 3.46. The first-order valence-corrected chi connectivity index (χ1v) is 12.4. The molecular weight excluding hydrogens is 490 g/mol. The lowest BCUT2D eigenvalue weighted by Gasteiger charge is -2.11. The number of imide groups is 1. The van der Waals surface area contributed by atoms with Gasteiger partial charge in [-0.15, -0.1) is 0 Å². The maximum Gasteiger partial charge on any atom is 0.298 e. The van der Waals surface area contributed by atoms with Gasteiger partial charge in [-0.2, -0.15) is 0 Å². The summed E-state index contributed by atoms with van der Waals surface area (Å²) in [7, 11) is 0. The topological polar surface area (TPSA) is 89.9 Å². The summed E-state index contributed by atoms with van der Waals surface area (Å²) >= 11 is 0.911. The van der Waals surface area contributed by atoms with E-state index in [1.54, 1.807) is 48.5 Å². The Hall–Kier alpha value is -4.50. The fraction of sp³-hybridized carbons (Fsp3) is 0.107. The van der Waals surface area contributed by atoms with Crippen molar-refractivity contribution in [3.8, 4) is 11.5 Å². The van der Waals surface area contributed by atoms with Crippen molar-refractivity contribution in [1.29, 1.82) is 0 Å². The van der Waals surface area contributed by atoms with Crippen molar-refractivity contribution < 1.29 is 23.9 Å². The van der Waals surface area contributed by atoms with Crippen molar-refractivity contribution in [1.82, 2.24) is 4.57 Å². The fourth-order valence-electron chi connectivity index (χ4n) is 4.56. The third-order valence-electron chi connectivity index (χ3n) is 6.32. The molecule has 3 amide bonds. The van der Waals surface area contributed by atoms with Crippen molar-refractivity contribution >= 4 is 57.2 Å². The van der Waals surface area contributed by atoms with Crippen molar-refractivity contribution in [2.24, 2.45) is 0 Å². The molecule has 37 heavy (non-hydrogen) atoms. The Bertz CT molecular complexity index is 1610. The summed E-state index contributed by atoms with van der Waals surface area (Å²) in [4.78, 5) is 40.4. The van der Waals surface area contributed by atoms with E-state index in [1.807, 2.05) is 41.8 Å². The molecule has 9 heteroatoms. The first-order chi connectivity index (χ1) is 18.0. The van der Waals surface area contributed by atoms with Crippen LogP contribution in [0, 0.1) is 6.92 Å². The monoisotopic (exact) mass is 511 g/mol. The maximum atomic E-state index is 13.2. The van der Waals surface area contributed by atoms with Gasteiger partial charge in [0.1, 0.15) is 6.54 Å². The number of anilines is 2. The standard InChI is InChI=1S/C28H21N3O5S/c1-17-21(14-25-27(33)31(28(34)37-25)19-7-3-2-4-8-19)20-9-5-6-10-22(20)30(17)15-26(32)29-18-11-12-23-24(13-18)36-16-35-23/h2-14H,15-16H2,1H3,(H,29,32)/b25-14+. The molecule has 4 aromatic rings. The summed E-state index contributed by atoms with van der Waals surface area (Å²) in [5.74, 6) is 0.662. The number of rotatable bonds is 5.